The van der Waals surface area contributed by atoms with Gasteiger partial charge in [-0.1, -0.05) is 31.2 Å². The summed E-state index contributed by atoms with van der Waals surface area (Å²) >= 11 is 0. The third kappa shape index (κ3) is 6.19. The maximum atomic E-state index is 12.8. The van der Waals surface area contributed by atoms with Crippen molar-refractivity contribution >= 4 is 27.1 Å². The summed E-state index contributed by atoms with van der Waals surface area (Å²) in [5, 5.41) is 12.6. The van der Waals surface area contributed by atoms with E-state index in [0.29, 0.717) is 17.8 Å². The number of carbonyl (C=O) groups excluding carboxylic acids is 1. The molecule has 2 unspecified atom stereocenters. The van der Waals surface area contributed by atoms with Crippen LogP contribution in [0.2, 0.25) is 0 Å². The number of alkyl halides is 3. The topological polar surface area (TPSA) is 86.7 Å². The van der Waals surface area contributed by atoms with Crippen molar-refractivity contribution in [3.8, 4) is 0 Å². The lowest BCUT2D eigenvalue weighted by atomic mass is 9.97. The summed E-state index contributed by atoms with van der Waals surface area (Å²) in [5.41, 5.74) is 2.20. The first-order valence-electron chi connectivity index (χ1n) is 12.3. The summed E-state index contributed by atoms with van der Waals surface area (Å²) < 4.78 is 62.6. The van der Waals surface area contributed by atoms with Gasteiger partial charge in [-0.15, -0.1) is 0 Å². The molecule has 0 aliphatic carbocycles. The lowest BCUT2D eigenvalue weighted by molar-refractivity contribution is -0.137. The fourth-order valence-corrected chi connectivity index (χ4v) is 5.49. The second-order valence-electron chi connectivity index (χ2n) is 9.30. The van der Waals surface area contributed by atoms with E-state index >= 15 is 0 Å². The number of hydrogen-bond donors (Lipinski definition) is 2. The monoisotopic (exact) mass is 546 g/mol. The van der Waals surface area contributed by atoms with Gasteiger partial charge in [0.2, 0.25) is 5.91 Å². The highest BCUT2D eigenvalue weighted by molar-refractivity contribution is 7.91. The minimum Gasteiger partial charge on any atom is -0.395 e. The Morgan fingerprint density at radius 3 is 2.21 bits per heavy atom. The molecule has 1 saturated heterocycles. The molecule has 10 heteroatoms. The van der Waals surface area contributed by atoms with Crippen LogP contribution in [0, 0.1) is 0 Å². The highest BCUT2D eigenvalue weighted by atomic mass is 32.2. The van der Waals surface area contributed by atoms with Crippen LogP contribution in [0.3, 0.4) is 0 Å². The Kier molecular flexibility index (Phi) is 8.13. The minimum absolute atomic E-state index is 0.0284. The van der Waals surface area contributed by atoms with E-state index in [9.17, 15) is 31.5 Å². The molecule has 4 rings (SSSR count). The summed E-state index contributed by atoms with van der Waals surface area (Å²) in [7, 11) is -3.36. The molecule has 1 aliphatic rings. The van der Waals surface area contributed by atoms with Gasteiger partial charge in [-0.05, 0) is 66.1 Å². The zero-order valence-electron chi connectivity index (χ0n) is 20.8. The highest BCUT2D eigenvalue weighted by Gasteiger charge is 2.31. The smallest absolute Gasteiger partial charge is 0.395 e. The Labute approximate surface area is 220 Å². The number of halogens is 3. The van der Waals surface area contributed by atoms with E-state index in [4.69, 9.17) is 0 Å². The molecule has 1 amide bonds. The number of sulfone groups is 1. The number of carbonyl (C=O) groups is 1. The maximum absolute atomic E-state index is 12.8. The molecule has 3 aromatic rings. The Morgan fingerprint density at radius 1 is 1.03 bits per heavy atom. The van der Waals surface area contributed by atoms with Gasteiger partial charge in [-0.2, -0.15) is 13.2 Å². The number of nitrogens with zero attached hydrogens (tertiary/aromatic N) is 1. The van der Waals surface area contributed by atoms with Crippen LogP contribution in [0.15, 0.2) is 77.7 Å². The second kappa shape index (κ2) is 11.2. The zero-order chi connectivity index (χ0) is 27.5. The van der Waals surface area contributed by atoms with Crippen molar-refractivity contribution in [2.24, 2.45) is 0 Å². The number of aliphatic hydroxyl groups excluding tert-OH is 1. The number of benzene rings is 3. The summed E-state index contributed by atoms with van der Waals surface area (Å²) in [6.45, 7) is 2.55. The zero-order valence-corrected chi connectivity index (χ0v) is 21.6. The van der Waals surface area contributed by atoms with Crippen LogP contribution in [0.1, 0.15) is 41.9 Å². The number of hydrogen-bond acceptors (Lipinski definition) is 5. The molecule has 0 radical (unpaired) electrons. The fraction of sp³-hybridized carbons (Fsp3) is 0.321. The third-order valence-electron chi connectivity index (χ3n) is 6.92. The van der Waals surface area contributed by atoms with E-state index in [1.54, 1.807) is 31.2 Å². The first kappa shape index (κ1) is 27.7. The summed E-state index contributed by atoms with van der Waals surface area (Å²) in [4.78, 5) is 15.2. The summed E-state index contributed by atoms with van der Waals surface area (Å²) in [6, 6.07) is 18.5. The molecule has 2 N–H and O–H groups in total. The van der Waals surface area contributed by atoms with E-state index in [-0.39, 0.29) is 16.6 Å². The van der Waals surface area contributed by atoms with Gasteiger partial charge in [0.05, 0.1) is 28.7 Å². The maximum Gasteiger partial charge on any atom is 0.416 e. The third-order valence-corrected chi connectivity index (χ3v) is 8.67. The van der Waals surface area contributed by atoms with Crippen LogP contribution in [-0.2, 0) is 20.8 Å². The number of amides is 1. The predicted octanol–water partition coefficient (Wildman–Crippen LogP) is 5.21. The normalized spacial score (nSPS) is 16.9. The van der Waals surface area contributed by atoms with Gasteiger partial charge >= 0.3 is 6.18 Å². The Morgan fingerprint density at radius 2 is 1.66 bits per heavy atom. The molecule has 38 heavy (non-hydrogen) atoms. The van der Waals surface area contributed by atoms with Gasteiger partial charge in [-0.3, -0.25) is 4.79 Å². The van der Waals surface area contributed by atoms with Gasteiger partial charge in [0.25, 0.3) is 0 Å². The Balaban J connectivity index is 1.37. The van der Waals surface area contributed by atoms with Gasteiger partial charge in [0.1, 0.15) is 0 Å². The number of rotatable bonds is 8. The molecule has 0 saturated carbocycles. The predicted molar refractivity (Wildman–Crippen MR) is 140 cm³/mol. The van der Waals surface area contributed by atoms with Gasteiger partial charge in [-0.25, -0.2) is 8.42 Å². The van der Waals surface area contributed by atoms with E-state index < -0.39 is 40.0 Å². The quantitative estimate of drug-likeness (QED) is 0.405. The molecule has 1 heterocycles. The average molecular weight is 547 g/mol. The molecular weight excluding hydrogens is 517 g/mol. The van der Waals surface area contributed by atoms with Crippen LogP contribution in [0.4, 0.5) is 24.5 Å². The number of aliphatic hydroxyl groups is 1. The summed E-state index contributed by atoms with van der Waals surface area (Å²) in [5.74, 6) is -1.19. The minimum atomic E-state index is -4.35. The van der Waals surface area contributed by atoms with Crippen molar-refractivity contribution in [3.63, 3.8) is 0 Å². The van der Waals surface area contributed by atoms with Crippen molar-refractivity contribution in [1.82, 2.24) is 0 Å². The largest absolute Gasteiger partial charge is 0.416 e. The standard InChI is InChI=1S/C28H29F3N2O4S/c1-2-38(36,37)25-13-5-20(6-14-25)26(18-34)27(35)32-23-9-11-24(12-10-23)33-16-15-21(17-33)19-3-7-22(8-4-19)28(29,30)31/h3-14,21,26,34H,2,15-18H2,1H3,(H,32,35). The van der Waals surface area contributed by atoms with Gasteiger partial charge in [0, 0.05) is 30.4 Å². The van der Waals surface area contributed by atoms with E-state index in [1.165, 1.54) is 24.3 Å². The van der Waals surface area contributed by atoms with E-state index in [2.05, 4.69) is 10.2 Å². The highest BCUT2D eigenvalue weighted by Crippen LogP contribution is 2.34. The van der Waals surface area contributed by atoms with E-state index in [0.717, 1.165) is 36.3 Å². The number of nitrogens with one attached hydrogen (secondary N) is 1. The van der Waals surface area contributed by atoms with Crippen molar-refractivity contribution in [3.05, 3.63) is 89.5 Å². The van der Waals surface area contributed by atoms with Crippen LogP contribution in [0.5, 0.6) is 0 Å². The lowest BCUT2D eigenvalue weighted by Gasteiger charge is -2.20. The van der Waals surface area contributed by atoms with Gasteiger partial charge in [0.15, 0.2) is 9.84 Å². The molecule has 0 aromatic heterocycles. The Hall–Kier alpha value is -3.37. The van der Waals surface area contributed by atoms with Crippen molar-refractivity contribution in [2.45, 2.75) is 36.3 Å². The second-order valence-corrected chi connectivity index (χ2v) is 11.6. The average Bonchev–Trinajstić information content (AvgIpc) is 3.40. The first-order valence-corrected chi connectivity index (χ1v) is 13.9. The van der Waals surface area contributed by atoms with Crippen LogP contribution in [-0.4, -0.2) is 44.9 Å². The number of anilines is 2. The van der Waals surface area contributed by atoms with Crippen molar-refractivity contribution in [1.29, 1.82) is 0 Å². The molecule has 202 valence electrons. The lowest BCUT2D eigenvalue weighted by Crippen LogP contribution is -2.24. The molecular formula is C28H29F3N2O4S. The fourth-order valence-electron chi connectivity index (χ4n) is 4.61. The SMILES string of the molecule is CCS(=O)(=O)c1ccc(C(CO)C(=O)Nc2ccc(N3CCC(c4ccc(C(F)(F)F)cc4)C3)cc2)cc1. The molecule has 3 aromatic carbocycles. The van der Waals surface area contributed by atoms with Gasteiger partial charge < -0.3 is 15.3 Å². The van der Waals surface area contributed by atoms with Crippen LogP contribution >= 0.6 is 0 Å². The van der Waals surface area contributed by atoms with Crippen LogP contribution < -0.4 is 10.2 Å². The van der Waals surface area contributed by atoms with Crippen LogP contribution in [0.25, 0.3) is 0 Å². The first-order chi connectivity index (χ1) is 18.0. The Bertz CT molecular complexity index is 1360. The molecule has 0 spiro atoms. The van der Waals surface area contributed by atoms with Crippen molar-refractivity contribution in [2.75, 3.05) is 35.7 Å². The van der Waals surface area contributed by atoms with Crippen molar-refractivity contribution < 1.29 is 31.5 Å². The van der Waals surface area contributed by atoms with E-state index in [1.807, 2.05) is 12.1 Å². The molecule has 0 bridgehead atoms. The summed E-state index contributed by atoms with van der Waals surface area (Å²) in [6.07, 6.45) is -3.53. The molecule has 2 atom stereocenters. The molecule has 1 aliphatic heterocycles. The molecule has 1 fully saturated rings. The molecule has 6 nitrogen and oxygen atoms in total.